The van der Waals surface area contributed by atoms with Gasteiger partial charge >= 0.3 is 27.3 Å². The summed E-state index contributed by atoms with van der Waals surface area (Å²) in [6.45, 7) is -1.33. The van der Waals surface area contributed by atoms with Crippen molar-refractivity contribution in [3.8, 4) is 0 Å². The molecule has 8 N–H and O–H groups in total. The molecule has 0 amide bonds. The van der Waals surface area contributed by atoms with Crippen molar-refractivity contribution >= 4 is 27.3 Å². The summed E-state index contributed by atoms with van der Waals surface area (Å²) in [5.41, 5.74) is 0. The number of rotatable bonds is 4. The molecule has 0 bridgehead atoms. The van der Waals surface area contributed by atoms with Crippen molar-refractivity contribution in [3.05, 3.63) is 0 Å². The van der Waals surface area contributed by atoms with Crippen molar-refractivity contribution in [3.63, 3.8) is 0 Å². The van der Waals surface area contributed by atoms with Crippen molar-refractivity contribution in [2.24, 2.45) is 0 Å². The summed E-state index contributed by atoms with van der Waals surface area (Å²) in [7, 11) is 0. The fourth-order valence-corrected chi connectivity index (χ4v) is 2.49. The predicted molar refractivity (Wildman–Crippen MR) is 77.2 cm³/mol. The van der Waals surface area contributed by atoms with Gasteiger partial charge < -0.3 is 55.1 Å². The van der Waals surface area contributed by atoms with E-state index in [0.717, 1.165) is 0 Å². The first-order chi connectivity index (χ1) is 10.8. The molecule has 2 aliphatic heterocycles. The van der Waals surface area contributed by atoms with Crippen LogP contribution < -0.4 is 0 Å². The Balaban J connectivity index is 0.00000288. The molecule has 24 heavy (non-hydrogen) atoms. The second-order valence-electron chi connectivity index (χ2n) is 5.53. The molecule has 11 nitrogen and oxygen atoms in total. The SMILES string of the molecule is OC[C@H]1O[C@H](O[C@H]2O[C@H](CO)[C@@H](O)[C@H](O)[C@H]2O)[C@H](O)[C@@H](O)[C@@H]1O.[PbH2]. The maximum absolute atomic E-state index is 9.84. The van der Waals surface area contributed by atoms with Gasteiger partial charge in [-0.1, -0.05) is 0 Å². The van der Waals surface area contributed by atoms with Gasteiger partial charge in [-0.05, 0) is 0 Å². The van der Waals surface area contributed by atoms with Gasteiger partial charge in [-0.15, -0.1) is 0 Å². The molecule has 0 aromatic heterocycles. The molecule has 0 aromatic rings. The summed E-state index contributed by atoms with van der Waals surface area (Å²) in [6, 6.07) is 0. The van der Waals surface area contributed by atoms with Crippen molar-refractivity contribution in [2.75, 3.05) is 13.2 Å². The Hall–Kier alpha value is 0.482. The number of aliphatic hydroxyl groups is 8. The van der Waals surface area contributed by atoms with Gasteiger partial charge in [0.05, 0.1) is 13.2 Å². The molecule has 10 atom stereocenters. The first-order valence-corrected chi connectivity index (χ1v) is 7.08. The second kappa shape index (κ2) is 9.43. The van der Waals surface area contributed by atoms with Crippen molar-refractivity contribution < 1.29 is 55.1 Å². The molecule has 0 saturated carbocycles. The van der Waals surface area contributed by atoms with E-state index < -0.39 is 74.6 Å². The van der Waals surface area contributed by atoms with Gasteiger partial charge in [-0.3, -0.25) is 0 Å². The van der Waals surface area contributed by atoms with Crippen molar-refractivity contribution in [2.45, 2.75) is 61.4 Å². The Labute approximate surface area is 157 Å². The number of ether oxygens (including phenoxy) is 3. The fourth-order valence-electron chi connectivity index (χ4n) is 2.49. The van der Waals surface area contributed by atoms with Crippen LogP contribution in [0.3, 0.4) is 0 Å². The molecule has 2 radical (unpaired) electrons. The Morgan fingerprint density at radius 3 is 1.21 bits per heavy atom. The Kier molecular flexibility index (Phi) is 8.85. The van der Waals surface area contributed by atoms with Crippen LogP contribution in [0.5, 0.6) is 0 Å². The molecule has 2 saturated heterocycles. The standard InChI is InChI=1S/C12H22O11.Pb.2H/c13-1-3-5(15)7(17)9(19)11(21-3)23-12-10(20)8(18)6(16)4(2-14)22-12;;;/h3-20H,1-2H2;;;/t3-,4-,5-,6-,7+,8+,9-,10-,11-,12-;;;/m1.../s1. The Morgan fingerprint density at radius 2 is 0.917 bits per heavy atom. The van der Waals surface area contributed by atoms with Crippen LogP contribution in [0.25, 0.3) is 0 Å². The first-order valence-electron chi connectivity index (χ1n) is 7.08. The molecule has 0 aromatic carbocycles. The van der Waals surface area contributed by atoms with Gasteiger partial charge in [0.1, 0.15) is 48.8 Å². The van der Waals surface area contributed by atoms with E-state index in [1.165, 1.54) is 0 Å². The van der Waals surface area contributed by atoms with Gasteiger partial charge in [0.2, 0.25) is 0 Å². The van der Waals surface area contributed by atoms with Crippen molar-refractivity contribution in [1.29, 1.82) is 0 Å². The fraction of sp³-hybridized carbons (Fsp3) is 1.00. The molecule has 2 rings (SSSR count). The van der Waals surface area contributed by atoms with Crippen LogP contribution in [-0.2, 0) is 14.2 Å². The molecule has 12 heteroatoms. The molecule has 2 fully saturated rings. The minimum absolute atomic E-state index is 0. The van der Waals surface area contributed by atoms with E-state index >= 15 is 0 Å². The molecule has 2 aliphatic rings. The summed E-state index contributed by atoms with van der Waals surface area (Å²) in [5.74, 6) is 0. The number of hydrogen-bond acceptors (Lipinski definition) is 11. The van der Waals surface area contributed by atoms with E-state index in [4.69, 9.17) is 24.4 Å². The van der Waals surface area contributed by atoms with Crippen LogP contribution in [0.15, 0.2) is 0 Å². The normalized spacial score (nSPS) is 49.5. The van der Waals surface area contributed by atoms with Gasteiger partial charge in [-0.2, -0.15) is 0 Å². The summed E-state index contributed by atoms with van der Waals surface area (Å²) in [5, 5.41) is 76.4. The minimum atomic E-state index is -1.72. The van der Waals surface area contributed by atoms with E-state index in [9.17, 15) is 30.6 Å². The zero-order chi connectivity index (χ0) is 17.3. The van der Waals surface area contributed by atoms with E-state index in [-0.39, 0.29) is 27.3 Å². The van der Waals surface area contributed by atoms with Gasteiger partial charge in [0.15, 0.2) is 12.6 Å². The van der Waals surface area contributed by atoms with Crippen LogP contribution in [0.1, 0.15) is 0 Å². The molecule has 0 aliphatic carbocycles. The zero-order valence-electron chi connectivity index (χ0n) is 12.7. The van der Waals surface area contributed by atoms with Crippen LogP contribution in [0.2, 0.25) is 0 Å². The van der Waals surface area contributed by atoms with Gasteiger partial charge in [-0.25, -0.2) is 0 Å². The molecule has 0 spiro atoms. The average molecular weight is 552 g/mol. The Morgan fingerprint density at radius 1 is 0.583 bits per heavy atom. The summed E-state index contributed by atoms with van der Waals surface area (Å²) < 4.78 is 15.3. The first kappa shape index (κ1) is 22.5. The molecule has 142 valence electrons. The Bertz CT molecular complexity index is 350. The monoisotopic (exact) mass is 552 g/mol. The number of hydrogen-bond donors (Lipinski definition) is 8. The number of aliphatic hydroxyl groups excluding tert-OH is 8. The summed E-state index contributed by atoms with van der Waals surface area (Å²) in [4.78, 5) is 0. The quantitative estimate of drug-likeness (QED) is 0.155. The molecular formula is C12H24O11Pb. The van der Waals surface area contributed by atoms with Crippen LogP contribution in [-0.4, -0.2) is 143 Å². The zero-order valence-corrected chi connectivity index (χ0v) is 18.2. The third-order valence-electron chi connectivity index (χ3n) is 3.97. The van der Waals surface area contributed by atoms with E-state index in [0.29, 0.717) is 0 Å². The molecule has 0 unspecified atom stereocenters. The van der Waals surface area contributed by atoms with E-state index in [1.54, 1.807) is 0 Å². The third-order valence-corrected chi connectivity index (χ3v) is 3.97. The predicted octanol–water partition coefficient (Wildman–Crippen LogP) is -6.31. The maximum atomic E-state index is 9.84. The molecule has 2 heterocycles. The average Bonchev–Trinajstić information content (AvgIpc) is 2.55. The topological polar surface area (TPSA) is 190 Å². The second-order valence-corrected chi connectivity index (χ2v) is 5.53. The van der Waals surface area contributed by atoms with E-state index in [1.807, 2.05) is 0 Å². The van der Waals surface area contributed by atoms with Crippen LogP contribution >= 0.6 is 0 Å². The third kappa shape index (κ3) is 4.41. The van der Waals surface area contributed by atoms with E-state index in [2.05, 4.69) is 0 Å². The van der Waals surface area contributed by atoms with Crippen molar-refractivity contribution in [1.82, 2.24) is 0 Å². The summed E-state index contributed by atoms with van der Waals surface area (Å²) in [6.07, 6.45) is -15.6. The van der Waals surface area contributed by atoms with Crippen LogP contribution in [0, 0.1) is 0 Å². The van der Waals surface area contributed by atoms with Gasteiger partial charge in [0.25, 0.3) is 0 Å². The van der Waals surface area contributed by atoms with Crippen LogP contribution in [0.4, 0.5) is 0 Å². The van der Waals surface area contributed by atoms with Gasteiger partial charge in [0, 0.05) is 0 Å². The molecular weight excluding hydrogens is 527 g/mol. The summed E-state index contributed by atoms with van der Waals surface area (Å²) >= 11 is 0.